The molecule has 1 N–H and O–H groups in total. The molecule has 1 fully saturated rings. The maximum Gasteiger partial charge on any atom is 0.223 e. The monoisotopic (exact) mass is 289 g/mol. The molecule has 1 aliphatic rings. The van der Waals surface area contributed by atoms with Crippen LogP contribution < -0.4 is 15.1 Å². The first kappa shape index (κ1) is 15.4. The van der Waals surface area contributed by atoms with E-state index in [1.54, 1.807) is 4.90 Å². The molecule has 0 spiro atoms. The zero-order valence-corrected chi connectivity index (χ0v) is 12.9. The fraction of sp³-hybridized carbons (Fsp3) is 0.500. The fourth-order valence-corrected chi connectivity index (χ4v) is 2.14. The van der Waals surface area contributed by atoms with Gasteiger partial charge in [-0.2, -0.15) is 0 Å². The van der Waals surface area contributed by atoms with Gasteiger partial charge in [-0.05, 0) is 37.1 Å². The SMILES string of the molecule is CC(=O)N(CCC(=O)NC1CC1)c1ccc(N(C)C)cc1. The van der Waals surface area contributed by atoms with Crippen molar-refractivity contribution < 1.29 is 9.59 Å². The van der Waals surface area contributed by atoms with Gasteiger partial charge in [-0.3, -0.25) is 9.59 Å². The summed E-state index contributed by atoms with van der Waals surface area (Å²) in [5, 5.41) is 2.94. The number of benzene rings is 1. The van der Waals surface area contributed by atoms with Crippen LogP contribution in [-0.2, 0) is 9.59 Å². The number of anilines is 2. The molecule has 2 amide bonds. The van der Waals surface area contributed by atoms with E-state index >= 15 is 0 Å². The normalized spacial score (nSPS) is 13.7. The van der Waals surface area contributed by atoms with E-state index < -0.39 is 0 Å². The summed E-state index contributed by atoms with van der Waals surface area (Å²) in [5.41, 5.74) is 1.90. The van der Waals surface area contributed by atoms with Crippen LogP contribution in [0.15, 0.2) is 24.3 Å². The zero-order chi connectivity index (χ0) is 15.4. The summed E-state index contributed by atoms with van der Waals surface area (Å²) in [7, 11) is 3.94. The van der Waals surface area contributed by atoms with E-state index in [9.17, 15) is 9.59 Å². The lowest BCUT2D eigenvalue weighted by Gasteiger charge is -2.22. The lowest BCUT2D eigenvalue weighted by Crippen LogP contribution is -2.34. The third-order valence-corrected chi connectivity index (χ3v) is 3.56. The van der Waals surface area contributed by atoms with E-state index in [4.69, 9.17) is 0 Å². The van der Waals surface area contributed by atoms with Gasteiger partial charge in [0.05, 0.1) is 0 Å². The standard InChI is InChI=1S/C16H23N3O2/c1-12(20)19(11-10-16(21)17-13-4-5-13)15-8-6-14(7-9-15)18(2)3/h6-9,13H,4-5,10-11H2,1-3H3,(H,17,21). The van der Waals surface area contributed by atoms with Gasteiger partial charge in [-0.1, -0.05) is 0 Å². The van der Waals surface area contributed by atoms with Crippen molar-refractivity contribution in [1.29, 1.82) is 0 Å². The number of nitrogens with one attached hydrogen (secondary N) is 1. The van der Waals surface area contributed by atoms with E-state index in [0.29, 0.717) is 19.0 Å². The van der Waals surface area contributed by atoms with E-state index in [1.807, 2.05) is 43.3 Å². The van der Waals surface area contributed by atoms with Gasteiger partial charge in [0, 0.05) is 51.4 Å². The Morgan fingerprint density at radius 1 is 1.14 bits per heavy atom. The van der Waals surface area contributed by atoms with Crippen LogP contribution in [0.1, 0.15) is 26.2 Å². The number of amides is 2. The lowest BCUT2D eigenvalue weighted by atomic mass is 10.2. The van der Waals surface area contributed by atoms with Crippen molar-refractivity contribution in [3.63, 3.8) is 0 Å². The Morgan fingerprint density at radius 3 is 2.19 bits per heavy atom. The van der Waals surface area contributed by atoms with Gasteiger partial charge >= 0.3 is 0 Å². The van der Waals surface area contributed by atoms with Crippen LogP contribution >= 0.6 is 0 Å². The van der Waals surface area contributed by atoms with Gasteiger partial charge in [-0.15, -0.1) is 0 Å². The van der Waals surface area contributed by atoms with E-state index in [2.05, 4.69) is 5.32 Å². The molecule has 0 heterocycles. The molecule has 5 heteroatoms. The molecule has 114 valence electrons. The molecular weight excluding hydrogens is 266 g/mol. The highest BCUT2D eigenvalue weighted by Crippen LogP contribution is 2.21. The summed E-state index contributed by atoms with van der Waals surface area (Å²) in [5.74, 6) is -0.0273. The van der Waals surface area contributed by atoms with Crippen molar-refractivity contribution in [2.75, 3.05) is 30.4 Å². The van der Waals surface area contributed by atoms with Crippen LogP contribution in [0.4, 0.5) is 11.4 Å². The quantitative estimate of drug-likeness (QED) is 0.868. The van der Waals surface area contributed by atoms with E-state index in [-0.39, 0.29) is 11.8 Å². The molecule has 21 heavy (non-hydrogen) atoms. The largest absolute Gasteiger partial charge is 0.378 e. The molecule has 1 aliphatic carbocycles. The predicted molar refractivity (Wildman–Crippen MR) is 84.6 cm³/mol. The Bertz CT molecular complexity index is 507. The minimum absolute atomic E-state index is 0.0219. The second-order valence-electron chi connectivity index (χ2n) is 5.67. The van der Waals surface area contributed by atoms with Gasteiger partial charge in [-0.25, -0.2) is 0 Å². The summed E-state index contributed by atoms with van der Waals surface area (Å²) in [4.78, 5) is 27.2. The van der Waals surface area contributed by atoms with Crippen molar-refractivity contribution >= 4 is 23.2 Å². The number of carbonyl (C=O) groups is 2. The minimum atomic E-state index is -0.0492. The van der Waals surface area contributed by atoms with E-state index in [1.165, 1.54) is 6.92 Å². The molecule has 0 unspecified atom stereocenters. The molecule has 0 radical (unpaired) electrons. The van der Waals surface area contributed by atoms with Crippen LogP contribution in [0.3, 0.4) is 0 Å². The smallest absolute Gasteiger partial charge is 0.223 e. The van der Waals surface area contributed by atoms with Gasteiger partial charge in [0.1, 0.15) is 0 Å². The summed E-state index contributed by atoms with van der Waals surface area (Å²) in [6.07, 6.45) is 2.49. The fourth-order valence-electron chi connectivity index (χ4n) is 2.14. The van der Waals surface area contributed by atoms with Crippen molar-refractivity contribution in [2.45, 2.75) is 32.2 Å². The van der Waals surface area contributed by atoms with Crippen molar-refractivity contribution in [3.8, 4) is 0 Å². The molecule has 0 saturated heterocycles. The van der Waals surface area contributed by atoms with Crippen molar-refractivity contribution in [3.05, 3.63) is 24.3 Å². The maximum atomic E-state index is 11.8. The van der Waals surface area contributed by atoms with Gasteiger partial charge < -0.3 is 15.1 Å². The summed E-state index contributed by atoms with van der Waals surface area (Å²) in [6, 6.07) is 8.12. The Kier molecular flexibility index (Phi) is 4.83. The minimum Gasteiger partial charge on any atom is -0.378 e. The second-order valence-corrected chi connectivity index (χ2v) is 5.67. The average Bonchev–Trinajstić information content (AvgIpc) is 3.23. The second kappa shape index (κ2) is 6.61. The Hall–Kier alpha value is -2.04. The lowest BCUT2D eigenvalue weighted by molar-refractivity contribution is -0.121. The average molecular weight is 289 g/mol. The third kappa shape index (κ3) is 4.48. The van der Waals surface area contributed by atoms with Crippen LogP contribution in [0.25, 0.3) is 0 Å². The summed E-state index contributed by atoms with van der Waals surface area (Å²) in [6.45, 7) is 1.94. The first-order chi connectivity index (χ1) is 9.97. The summed E-state index contributed by atoms with van der Waals surface area (Å²) < 4.78 is 0. The van der Waals surface area contributed by atoms with Crippen molar-refractivity contribution in [2.24, 2.45) is 0 Å². The first-order valence-corrected chi connectivity index (χ1v) is 7.32. The third-order valence-electron chi connectivity index (χ3n) is 3.56. The van der Waals surface area contributed by atoms with Gasteiger partial charge in [0.15, 0.2) is 0 Å². The van der Waals surface area contributed by atoms with E-state index in [0.717, 1.165) is 24.2 Å². The predicted octanol–water partition coefficient (Wildman–Crippen LogP) is 1.77. The Labute approximate surface area is 125 Å². The molecule has 0 bridgehead atoms. The number of hydrogen-bond donors (Lipinski definition) is 1. The molecule has 0 aliphatic heterocycles. The molecule has 2 rings (SSSR count). The van der Waals surface area contributed by atoms with Crippen LogP contribution in [0.5, 0.6) is 0 Å². The first-order valence-electron chi connectivity index (χ1n) is 7.32. The summed E-state index contributed by atoms with van der Waals surface area (Å²) >= 11 is 0. The van der Waals surface area contributed by atoms with Gasteiger partial charge in [0.25, 0.3) is 0 Å². The zero-order valence-electron chi connectivity index (χ0n) is 12.9. The van der Waals surface area contributed by atoms with Crippen molar-refractivity contribution in [1.82, 2.24) is 5.32 Å². The highest BCUT2D eigenvalue weighted by Gasteiger charge is 2.23. The molecular formula is C16H23N3O2. The Morgan fingerprint density at radius 2 is 1.71 bits per heavy atom. The molecule has 1 saturated carbocycles. The molecule has 1 aromatic rings. The molecule has 5 nitrogen and oxygen atoms in total. The number of hydrogen-bond acceptors (Lipinski definition) is 3. The number of nitrogens with zero attached hydrogens (tertiary/aromatic N) is 2. The molecule has 0 aromatic heterocycles. The van der Waals surface area contributed by atoms with Crippen LogP contribution in [0, 0.1) is 0 Å². The molecule has 1 aromatic carbocycles. The number of carbonyl (C=O) groups excluding carboxylic acids is 2. The van der Waals surface area contributed by atoms with Crippen LogP contribution in [0.2, 0.25) is 0 Å². The number of rotatable bonds is 6. The highest BCUT2D eigenvalue weighted by atomic mass is 16.2. The maximum absolute atomic E-state index is 11.8. The highest BCUT2D eigenvalue weighted by molar-refractivity contribution is 5.92. The molecule has 0 atom stereocenters. The Balaban J connectivity index is 1.97. The van der Waals surface area contributed by atoms with Crippen LogP contribution in [-0.4, -0.2) is 38.5 Å². The van der Waals surface area contributed by atoms with Gasteiger partial charge in [0.2, 0.25) is 11.8 Å². The topological polar surface area (TPSA) is 52.7 Å².